The van der Waals surface area contributed by atoms with E-state index in [-0.39, 0.29) is 0 Å². The lowest BCUT2D eigenvalue weighted by Gasteiger charge is -2.07. The van der Waals surface area contributed by atoms with Gasteiger partial charge in [-0.25, -0.2) is 0 Å². The van der Waals surface area contributed by atoms with Gasteiger partial charge in [0.2, 0.25) is 0 Å². The van der Waals surface area contributed by atoms with Crippen molar-refractivity contribution in [3.63, 3.8) is 0 Å². The van der Waals surface area contributed by atoms with Gasteiger partial charge in [0.05, 0.1) is 10.7 Å². The van der Waals surface area contributed by atoms with Crippen molar-refractivity contribution in [1.29, 1.82) is 0 Å². The van der Waals surface area contributed by atoms with Gasteiger partial charge >= 0.3 is 0 Å². The van der Waals surface area contributed by atoms with Crippen LogP contribution in [0.3, 0.4) is 0 Å². The predicted octanol–water partition coefficient (Wildman–Crippen LogP) is 4.31. The van der Waals surface area contributed by atoms with Crippen LogP contribution in [0, 0.1) is 0 Å². The maximum atomic E-state index is 5.91. The molecule has 70 valence electrons. The molecule has 0 amide bonds. The van der Waals surface area contributed by atoms with Crippen LogP contribution < -0.4 is 5.32 Å². The second-order valence-electron chi connectivity index (χ2n) is 2.49. The van der Waals surface area contributed by atoms with Crippen LogP contribution in [0.2, 0.25) is 10.0 Å². The highest BCUT2D eigenvalue weighted by Gasteiger charge is 1.99. The van der Waals surface area contributed by atoms with E-state index in [0.29, 0.717) is 16.6 Å². The van der Waals surface area contributed by atoms with E-state index in [0.717, 1.165) is 10.2 Å². The Labute approximate surface area is 95.9 Å². The summed E-state index contributed by atoms with van der Waals surface area (Å²) in [7, 11) is 0. The highest BCUT2D eigenvalue weighted by Crippen LogP contribution is 2.25. The van der Waals surface area contributed by atoms with Crippen molar-refractivity contribution in [2.24, 2.45) is 0 Å². The Morgan fingerprint density at radius 1 is 1.46 bits per heavy atom. The third-order valence-corrected chi connectivity index (χ3v) is 2.24. The van der Waals surface area contributed by atoms with Crippen molar-refractivity contribution >= 4 is 44.8 Å². The van der Waals surface area contributed by atoms with Gasteiger partial charge < -0.3 is 5.32 Å². The Morgan fingerprint density at radius 2 is 2.15 bits per heavy atom. The van der Waals surface area contributed by atoms with Crippen LogP contribution in [0.25, 0.3) is 0 Å². The molecule has 0 unspecified atom stereocenters. The SMILES string of the molecule is C=C(Br)CNc1cc(Cl)ccc1Cl. The lowest BCUT2D eigenvalue weighted by Crippen LogP contribution is -2.00. The third-order valence-electron chi connectivity index (χ3n) is 1.40. The molecule has 0 bridgehead atoms. The summed E-state index contributed by atoms with van der Waals surface area (Å²) in [5.41, 5.74) is 0.815. The Hall–Kier alpha value is -0.180. The Kier molecular flexibility index (Phi) is 4.10. The maximum absolute atomic E-state index is 5.91. The third kappa shape index (κ3) is 3.59. The van der Waals surface area contributed by atoms with Gasteiger partial charge in [-0.15, -0.1) is 0 Å². The monoisotopic (exact) mass is 279 g/mol. The second kappa shape index (κ2) is 4.89. The molecule has 0 aliphatic heterocycles. The van der Waals surface area contributed by atoms with E-state index in [4.69, 9.17) is 23.2 Å². The average molecular weight is 281 g/mol. The molecule has 0 heterocycles. The molecule has 4 heteroatoms. The lowest BCUT2D eigenvalue weighted by molar-refractivity contribution is 1.33. The highest BCUT2D eigenvalue weighted by molar-refractivity contribution is 9.11. The van der Waals surface area contributed by atoms with Crippen molar-refractivity contribution in [3.05, 3.63) is 39.3 Å². The van der Waals surface area contributed by atoms with E-state index in [2.05, 4.69) is 27.8 Å². The summed E-state index contributed by atoms with van der Waals surface area (Å²) in [6.07, 6.45) is 0. The molecule has 1 aromatic rings. The first kappa shape index (κ1) is 10.9. The molecule has 0 atom stereocenters. The molecule has 0 fully saturated rings. The zero-order valence-electron chi connectivity index (χ0n) is 6.78. The molecule has 0 aliphatic carbocycles. The first-order chi connectivity index (χ1) is 6.09. The van der Waals surface area contributed by atoms with Gasteiger partial charge in [-0.1, -0.05) is 45.7 Å². The predicted molar refractivity (Wildman–Crippen MR) is 63.0 cm³/mol. The number of nitrogens with one attached hydrogen (secondary N) is 1. The second-order valence-corrected chi connectivity index (χ2v) is 4.46. The zero-order valence-corrected chi connectivity index (χ0v) is 9.88. The average Bonchev–Trinajstić information content (AvgIpc) is 2.06. The van der Waals surface area contributed by atoms with E-state index in [1.165, 1.54) is 0 Å². The molecule has 1 N–H and O–H groups in total. The molecule has 0 saturated heterocycles. The van der Waals surface area contributed by atoms with Crippen LogP contribution >= 0.6 is 39.1 Å². The fourth-order valence-electron chi connectivity index (χ4n) is 0.824. The Morgan fingerprint density at radius 3 is 2.77 bits per heavy atom. The minimum absolute atomic E-state index is 0.625. The van der Waals surface area contributed by atoms with Crippen LogP contribution in [-0.2, 0) is 0 Å². The van der Waals surface area contributed by atoms with E-state index >= 15 is 0 Å². The smallest absolute Gasteiger partial charge is 0.0638 e. The lowest BCUT2D eigenvalue weighted by atomic mass is 10.3. The first-order valence-corrected chi connectivity index (χ1v) is 5.16. The van der Waals surface area contributed by atoms with Gasteiger partial charge in [0.15, 0.2) is 0 Å². The Bertz CT molecular complexity index is 325. The van der Waals surface area contributed by atoms with Gasteiger partial charge in [-0.3, -0.25) is 0 Å². The fourth-order valence-corrected chi connectivity index (χ4v) is 1.32. The largest absolute Gasteiger partial charge is 0.379 e. The number of halogens is 3. The first-order valence-electron chi connectivity index (χ1n) is 3.62. The number of hydrogen-bond acceptors (Lipinski definition) is 1. The number of rotatable bonds is 3. The van der Waals surface area contributed by atoms with Crippen LogP contribution in [0.4, 0.5) is 5.69 Å². The summed E-state index contributed by atoms with van der Waals surface area (Å²) >= 11 is 15.0. The number of hydrogen-bond donors (Lipinski definition) is 1. The van der Waals surface area contributed by atoms with Crippen molar-refractivity contribution in [2.75, 3.05) is 11.9 Å². The molecule has 0 aliphatic rings. The van der Waals surface area contributed by atoms with Gasteiger partial charge in [-0.2, -0.15) is 0 Å². The number of anilines is 1. The molecule has 0 radical (unpaired) electrons. The van der Waals surface area contributed by atoms with Crippen LogP contribution in [-0.4, -0.2) is 6.54 Å². The van der Waals surface area contributed by atoms with Crippen LogP contribution in [0.15, 0.2) is 29.3 Å². The zero-order chi connectivity index (χ0) is 9.84. The molecule has 13 heavy (non-hydrogen) atoms. The van der Waals surface area contributed by atoms with Crippen molar-refractivity contribution in [3.8, 4) is 0 Å². The fraction of sp³-hybridized carbons (Fsp3) is 0.111. The van der Waals surface area contributed by atoms with E-state index < -0.39 is 0 Å². The summed E-state index contributed by atoms with van der Waals surface area (Å²) in [6.45, 7) is 4.33. The van der Waals surface area contributed by atoms with E-state index in [9.17, 15) is 0 Å². The molecular weight excluding hydrogens is 273 g/mol. The van der Waals surface area contributed by atoms with Crippen LogP contribution in [0.5, 0.6) is 0 Å². The summed E-state index contributed by atoms with van der Waals surface area (Å²) in [4.78, 5) is 0. The van der Waals surface area contributed by atoms with Crippen molar-refractivity contribution in [1.82, 2.24) is 0 Å². The topological polar surface area (TPSA) is 12.0 Å². The van der Waals surface area contributed by atoms with Gasteiger partial charge in [0.1, 0.15) is 0 Å². The van der Waals surface area contributed by atoms with Gasteiger partial charge in [-0.05, 0) is 18.2 Å². The minimum atomic E-state index is 0.625. The Balaban J connectivity index is 2.75. The summed E-state index contributed by atoms with van der Waals surface area (Å²) in [5.74, 6) is 0. The van der Waals surface area contributed by atoms with E-state index in [1.54, 1.807) is 18.2 Å². The van der Waals surface area contributed by atoms with Crippen LogP contribution in [0.1, 0.15) is 0 Å². The minimum Gasteiger partial charge on any atom is -0.379 e. The molecule has 1 nitrogen and oxygen atoms in total. The molecule has 1 rings (SSSR count). The van der Waals surface area contributed by atoms with E-state index in [1.807, 2.05) is 0 Å². The highest BCUT2D eigenvalue weighted by atomic mass is 79.9. The molecular formula is C9H8BrCl2N. The standard InChI is InChI=1S/C9H8BrCl2N/c1-6(10)5-13-9-4-7(11)2-3-8(9)12/h2-4,13H,1,5H2. The van der Waals surface area contributed by atoms with Gasteiger partial charge in [0.25, 0.3) is 0 Å². The maximum Gasteiger partial charge on any atom is 0.0638 e. The molecule has 1 aromatic carbocycles. The normalized spacial score (nSPS) is 9.77. The summed E-state index contributed by atoms with van der Waals surface area (Å²) in [6, 6.07) is 5.28. The summed E-state index contributed by atoms with van der Waals surface area (Å²) < 4.78 is 0.864. The number of benzene rings is 1. The molecule has 0 saturated carbocycles. The quantitative estimate of drug-likeness (QED) is 0.870. The van der Waals surface area contributed by atoms with Gasteiger partial charge in [0, 0.05) is 16.0 Å². The van der Waals surface area contributed by atoms with Crippen molar-refractivity contribution in [2.45, 2.75) is 0 Å². The summed E-state index contributed by atoms with van der Waals surface area (Å²) in [5, 5.41) is 4.40. The molecule has 0 aromatic heterocycles. The molecule has 0 spiro atoms. The van der Waals surface area contributed by atoms with Crippen molar-refractivity contribution < 1.29 is 0 Å².